The third-order valence-electron chi connectivity index (χ3n) is 3.95. The molecule has 1 fully saturated rings. The Labute approximate surface area is 117 Å². The van der Waals surface area contributed by atoms with Gasteiger partial charge in [-0.15, -0.1) is 0 Å². The van der Waals surface area contributed by atoms with Crippen LogP contribution in [0.4, 0.5) is 5.69 Å². The van der Waals surface area contributed by atoms with Crippen molar-refractivity contribution in [1.29, 1.82) is 0 Å². The van der Waals surface area contributed by atoms with Crippen LogP contribution in [0.25, 0.3) is 0 Å². The quantitative estimate of drug-likeness (QED) is 0.845. The van der Waals surface area contributed by atoms with Crippen molar-refractivity contribution >= 4 is 27.5 Å². The van der Waals surface area contributed by atoms with E-state index in [0.717, 1.165) is 28.6 Å². The van der Waals surface area contributed by atoms with Crippen LogP contribution in [0.2, 0.25) is 0 Å². The fourth-order valence-corrected chi connectivity index (χ4v) is 2.92. The maximum Gasteiger partial charge on any atom is 0.230 e. The molecule has 2 rings (SSSR count). The topological polar surface area (TPSA) is 29.1 Å². The fourth-order valence-electron chi connectivity index (χ4n) is 2.56. The van der Waals surface area contributed by atoms with Crippen LogP contribution >= 0.6 is 15.9 Å². The van der Waals surface area contributed by atoms with Gasteiger partial charge >= 0.3 is 0 Å². The highest BCUT2D eigenvalue weighted by Gasteiger charge is 2.34. The van der Waals surface area contributed by atoms with Crippen molar-refractivity contribution in [1.82, 2.24) is 0 Å². The van der Waals surface area contributed by atoms with Crippen LogP contribution in [0.1, 0.15) is 44.6 Å². The number of carbonyl (C=O) groups is 1. The first-order valence-electron chi connectivity index (χ1n) is 6.59. The molecule has 1 saturated carbocycles. The van der Waals surface area contributed by atoms with E-state index in [-0.39, 0.29) is 11.3 Å². The van der Waals surface area contributed by atoms with E-state index in [1.54, 1.807) is 0 Å². The van der Waals surface area contributed by atoms with Gasteiger partial charge in [-0.3, -0.25) is 4.79 Å². The highest BCUT2D eigenvalue weighted by Crippen LogP contribution is 2.37. The van der Waals surface area contributed by atoms with Gasteiger partial charge in [0.05, 0.1) is 0 Å². The van der Waals surface area contributed by atoms with E-state index in [4.69, 9.17) is 0 Å². The number of nitrogens with one attached hydrogen (secondary N) is 1. The van der Waals surface area contributed by atoms with Crippen LogP contribution in [0.15, 0.2) is 22.7 Å². The molecule has 0 heterocycles. The average molecular weight is 310 g/mol. The van der Waals surface area contributed by atoms with Gasteiger partial charge in [-0.1, -0.05) is 48.2 Å². The minimum atomic E-state index is -0.187. The molecule has 2 nitrogen and oxygen atoms in total. The van der Waals surface area contributed by atoms with E-state index in [1.165, 1.54) is 19.3 Å². The molecule has 0 atom stereocenters. The number of anilines is 1. The van der Waals surface area contributed by atoms with Crippen LogP contribution in [-0.4, -0.2) is 5.91 Å². The zero-order valence-corrected chi connectivity index (χ0v) is 12.6. The summed E-state index contributed by atoms with van der Waals surface area (Å²) in [5, 5.41) is 3.09. The first kappa shape index (κ1) is 13.6. The largest absolute Gasteiger partial charge is 0.325 e. The summed E-state index contributed by atoms with van der Waals surface area (Å²) >= 11 is 3.44. The number of aryl methyl sites for hydroxylation is 1. The Hall–Kier alpha value is -0.830. The molecule has 98 valence electrons. The van der Waals surface area contributed by atoms with Crippen molar-refractivity contribution in [2.24, 2.45) is 5.41 Å². The van der Waals surface area contributed by atoms with Gasteiger partial charge in [-0.25, -0.2) is 0 Å². The molecule has 0 spiro atoms. The molecular weight excluding hydrogens is 290 g/mol. The standard InChI is InChI=1S/C15H20BrNO/c1-11-6-7-12(16)10-13(11)17-14(18)15(2)8-4-3-5-9-15/h6-7,10H,3-5,8-9H2,1-2H3,(H,17,18). The molecule has 18 heavy (non-hydrogen) atoms. The molecule has 0 aliphatic heterocycles. The summed E-state index contributed by atoms with van der Waals surface area (Å²) in [5.74, 6) is 0.170. The molecule has 0 unspecified atom stereocenters. The van der Waals surface area contributed by atoms with Gasteiger partial charge in [0.25, 0.3) is 0 Å². The maximum absolute atomic E-state index is 12.4. The SMILES string of the molecule is Cc1ccc(Br)cc1NC(=O)C1(C)CCCCC1. The summed E-state index contributed by atoms with van der Waals surface area (Å²) in [7, 11) is 0. The van der Waals surface area contributed by atoms with Crippen LogP contribution in [0.5, 0.6) is 0 Å². The lowest BCUT2D eigenvalue weighted by atomic mass is 9.75. The Kier molecular flexibility index (Phi) is 4.10. The zero-order chi connectivity index (χ0) is 13.2. The monoisotopic (exact) mass is 309 g/mol. The Bertz CT molecular complexity index is 450. The van der Waals surface area contributed by atoms with Crippen molar-refractivity contribution in [3.63, 3.8) is 0 Å². The first-order valence-corrected chi connectivity index (χ1v) is 7.38. The summed E-state index contributed by atoms with van der Waals surface area (Å²) in [6.07, 6.45) is 5.61. The van der Waals surface area contributed by atoms with E-state index < -0.39 is 0 Å². The van der Waals surface area contributed by atoms with Crippen molar-refractivity contribution < 1.29 is 4.79 Å². The van der Waals surface area contributed by atoms with Crippen molar-refractivity contribution in [3.8, 4) is 0 Å². The lowest BCUT2D eigenvalue weighted by molar-refractivity contribution is -0.126. The molecule has 1 aromatic rings. The van der Waals surface area contributed by atoms with Crippen LogP contribution in [-0.2, 0) is 4.79 Å². The molecular formula is C15H20BrNO. The molecule has 3 heteroatoms. The van der Waals surface area contributed by atoms with Crippen LogP contribution in [0, 0.1) is 12.3 Å². The highest BCUT2D eigenvalue weighted by atomic mass is 79.9. The van der Waals surface area contributed by atoms with Crippen molar-refractivity contribution in [2.75, 3.05) is 5.32 Å². The number of rotatable bonds is 2. The highest BCUT2D eigenvalue weighted by molar-refractivity contribution is 9.10. The number of benzene rings is 1. The molecule has 0 aromatic heterocycles. The zero-order valence-electron chi connectivity index (χ0n) is 11.1. The van der Waals surface area contributed by atoms with Gasteiger partial charge in [-0.2, -0.15) is 0 Å². The van der Waals surface area contributed by atoms with Gasteiger partial charge in [0.2, 0.25) is 5.91 Å². The summed E-state index contributed by atoms with van der Waals surface area (Å²) in [4.78, 5) is 12.4. The van der Waals surface area contributed by atoms with Gasteiger partial charge in [0, 0.05) is 15.6 Å². The molecule has 0 radical (unpaired) electrons. The Balaban J connectivity index is 2.13. The summed E-state index contributed by atoms with van der Waals surface area (Å²) < 4.78 is 0.997. The average Bonchev–Trinajstić information content (AvgIpc) is 2.35. The second kappa shape index (κ2) is 5.43. The van der Waals surface area contributed by atoms with Crippen LogP contribution < -0.4 is 5.32 Å². The van der Waals surface area contributed by atoms with E-state index in [0.29, 0.717) is 0 Å². The van der Waals surface area contributed by atoms with Gasteiger partial charge in [0.1, 0.15) is 0 Å². The van der Waals surface area contributed by atoms with Gasteiger partial charge < -0.3 is 5.32 Å². The minimum absolute atomic E-state index is 0.170. The molecule has 1 aromatic carbocycles. The molecule has 0 saturated heterocycles. The summed E-state index contributed by atoms with van der Waals surface area (Å²) in [6.45, 7) is 4.11. The molecule has 0 bridgehead atoms. The lowest BCUT2D eigenvalue weighted by Gasteiger charge is -2.32. The summed E-state index contributed by atoms with van der Waals surface area (Å²) in [6, 6.07) is 5.98. The number of halogens is 1. The Morgan fingerprint density at radius 1 is 1.28 bits per heavy atom. The molecule has 1 amide bonds. The second-order valence-corrected chi connectivity index (χ2v) is 6.45. The van der Waals surface area contributed by atoms with Gasteiger partial charge in [-0.05, 0) is 37.5 Å². The number of hydrogen-bond donors (Lipinski definition) is 1. The predicted octanol–water partition coefficient (Wildman–Crippen LogP) is 4.67. The number of amides is 1. The smallest absolute Gasteiger partial charge is 0.230 e. The second-order valence-electron chi connectivity index (χ2n) is 5.53. The Morgan fingerprint density at radius 3 is 2.61 bits per heavy atom. The normalized spacial score (nSPS) is 18.4. The summed E-state index contributed by atoms with van der Waals surface area (Å²) in [5.41, 5.74) is 1.83. The van der Waals surface area contributed by atoms with Gasteiger partial charge in [0.15, 0.2) is 0 Å². The Morgan fingerprint density at radius 2 is 1.94 bits per heavy atom. The third-order valence-corrected chi connectivity index (χ3v) is 4.45. The lowest BCUT2D eigenvalue weighted by Crippen LogP contribution is -2.35. The number of hydrogen-bond acceptors (Lipinski definition) is 1. The number of carbonyl (C=O) groups excluding carboxylic acids is 1. The van der Waals surface area contributed by atoms with Crippen molar-refractivity contribution in [2.45, 2.75) is 46.0 Å². The van der Waals surface area contributed by atoms with Crippen LogP contribution in [0.3, 0.4) is 0 Å². The van der Waals surface area contributed by atoms with E-state index in [2.05, 4.69) is 28.2 Å². The van der Waals surface area contributed by atoms with E-state index in [1.807, 2.05) is 25.1 Å². The molecule has 1 aliphatic carbocycles. The third kappa shape index (κ3) is 2.94. The van der Waals surface area contributed by atoms with E-state index in [9.17, 15) is 4.79 Å². The maximum atomic E-state index is 12.4. The predicted molar refractivity (Wildman–Crippen MR) is 78.7 cm³/mol. The van der Waals surface area contributed by atoms with Crippen molar-refractivity contribution in [3.05, 3.63) is 28.2 Å². The van der Waals surface area contributed by atoms with E-state index >= 15 is 0 Å². The minimum Gasteiger partial charge on any atom is -0.325 e. The molecule has 1 N–H and O–H groups in total. The fraction of sp³-hybridized carbons (Fsp3) is 0.533. The first-order chi connectivity index (χ1) is 8.51. The molecule has 1 aliphatic rings.